The van der Waals surface area contributed by atoms with Crippen LogP contribution < -0.4 is 10.1 Å². The molecular formula is C36H38N6O9. The van der Waals surface area contributed by atoms with Gasteiger partial charge in [-0.3, -0.25) is 19.2 Å². The first-order valence-electron chi connectivity index (χ1n) is 16.8. The molecule has 15 heteroatoms. The summed E-state index contributed by atoms with van der Waals surface area (Å²) in [6.45, 7) is 3.22. The fraction of sp³-hybridized carbons (Fsp3) is 0.361. The number of amides is 4. The van der Waals surface area contributed by atoms with E-state index in [1.807, 2.05) is 30.3 Å². The summed E-state index contributed by atoms with van der Waals surface area (Å²) >= 11 is 0. The standard InChI is InChI=1S/C36H38N6O9/c1-2-49-36(48)41-18-16-40(17-19-41)35(47)27(12-13-32(44)45)38-34(46)28-20-30(24-10-6-7-11-26(24)37-28)50-22-31(43)42-15-14-29-25(21-42)33(39-51-29)23-8-4-3-5-9-23/h3-11,20,27H,2,12-19,21-22H2,1H3,(H,38,46)(H,44,45). The highest BCUT2D eigenvalue weighted by molar-refractivity contribution is 5.99. The van der Waals surface area contributed by atoms with Gasteiger partial charge >= 0.3 is 12.1 Å². The van der Waals surface area contributed by atoms with Crippen molar-refractivity contribution in [3.8, 4) is 17.0 Å². The molecule has 51 heavy (non-hydrogen) atoms. The zero-order valence-corrected chi connectivity index (χ0v) is 28.1. The van der Waals surface area contributed by atoms with Gasteiger partial charge in [-0.15, -0.1) is 0 Å². The third-order valence-corrected chi connectivity index (χ3v) is 8.86. The topological polar surface area (TPSA) is 185 Å². The Morgan fingerprint density at radius 3 is 2.41 bits per heavy atom. The van der Waals surface area contributed by atoms with Crippen molar-refractivity contribution in [2.24, 2.45) is 0 Å². The van der Waals surface area contributed by atoms with Crippen LogP contribution in [0.5, 0.6) is 5.75 Å². The SMILES string of the molecule is CCOC(=O)N1CCN(C(=O)C(CCC(=O)O)NC(=O)c2cc(OCC(=O)N3CCc4onc(-c5ccccc5)c4C3)c3ccccc3n2)CC1. The summed E-state index contributed by atoms with van der Waals surface area (Å²) in [7, 11) is 0. The number of carboxylic acids is 1. The van der Waals surface area contributed by atoms with Gasteiger partial charge in [0.25, 0.3) is 11.8 Å². The summed E-state index contributed by atoms with van der Waals surface area (Å²) < 4.78 is 16.6. The fourth-order valence-electron chi connectivity index (χ4n) is 6.16. The van der Waals surface area contributed by atoms with E-state index in [-0.39, 0.29) is 69.6 Å². The highest BCUT2D eigenvalue weighted by atomic mass is 16.6. The van der Waals surface area contributed by atoms with E-state index in [9.17, 15) is 29.1 Å². The predicted molar refractivity (Wildman–Crippen MR) is 182 cm³/mol. The summed E-state index contributed by atoms with van der Waals surface area (Å²) in [5.41, 5.74) is 2.79. The quantitative estimate of drug-likeness (QED) is 0.235. The smallest absolute Gasteiger partial charge is 0.409 e. The number of nitrogens with one attached hydrogen (secondary N) is 1. The number of fused-ring (bicyclic) bond motifs is 2. The number of carboxylic acid groups (broad SMARTS) is 1. The van der Waals surface area contributed by atoms with Crippen molar-refractivity contribution >= 4 is 40.7 Å². The Labute approximate surface area is 293 Å². The van der Waals surface area contributed by atoms with E-state index < -0.39 is 29.9 Å². The van der Waals surface area contributed by atoms with Crippen LogP contribution in [-0.4, -0.2) is 112 Å². The molecule has 6 rings (SSSR count). The molecule has 4 heterocycles. The lowest BCUT2D eigenvalue weighted by Gasteiger charge is -2.35. The van der Waals surface area contributed by atoms with E-state index >= 15 is 0 Å². The number of piperazine rings is 1. The lowest BCUT2D eigenvalue weighted by molar-refractivity contribution is -0.138. The van der Waals surface area contributed by atoms with Gasteiger partial charge in [-0.2, -0.15) is 0 Å². The van der Waals surface area contributed by atoms with E-state index in [4.69, 9.17) is 14.0 Å². The molecule has 0 radical (unpaired) electrons. The number of carbonyl (C=O) groups excluding carboxylic acids is 4. The van der Waals surface area contributed by atoms with Gasteiger partial charge in [-0.05, 0) is 25.5 Å². The Balaban J connectivity index is 1.15. The second kappa shape index (κ2) is 15.7. The van der Waals surface area contributed by atoms with Crippen LogP contribution in [0, 0.1) is 0 Å². The maximum atomic E-state index is 13.6. The zero-order chi connectivity index (χ0) is 35.9. The Morgan fingerprint density at radius 1 is 0.941 bits per heavy atom. The average molecular weight is 699 g/mol. The minimum atomic E-state index is -1.16. The Morgan fingerprint density at radius 2 is 1.67 bits per heavy atom. The number of nitrogens with zero attached hydrogens (tertiary/aromatic N) is 5. The van der Waals surface area contributed by atoms with Crippen molar-refractivity contribution < 1.29 is 43.1 Å². The largest absolute Gasteiger partial charge is 0.483 e. The molecular weight excluding hydrogens is 660 g/mol. The molecule has 0 aliphatic carbocycles. The average Bonchev–Trinajstić information content (AvgIpc) is 3.59. The van der Waals surface area contributed by atoms with Gasteiger partial charge in [-0.25, -0.2) is 9.78 Å². The minimum Gasteiger partial charge on any atom is -0.483 e. The number of hydrogen-bond acceptors (Lipinski definition) is 10. The van der Waals surface area contributed by atoms with Crippen LogP contribution in [0.3, 0.4) is 0 Å². The van der Waals surface area contributed by atoms with Gasteiger partial charge in [0.05, 0.1) is 18.7 Å². The van der Waals surface area contributed by atoms with Crippen LogP contribution in [-0.2, 0) is 32.1 Å². The van der Waals surface area contributed by atoms with Crippen molar-refractivity contribution in [2.45, 2.75) is 38.8 Å². The van der Waals surface area contributed by atoms with Gasteiger partial charge in [0, 0.05) is 68.1 Å². The number of hydrogen-bond donors (Lipinski definition) is 2. The normalized spacial score (nSPS) is 14.8. The van der Waals surface area contributed by atoms with Crippen LogP contribution in [0.2, 0.25) is 0 Å². The highest BCUT2D eigenvalue weighted by Gasteiger charge is 2.32. The molecule has 1 saturated heterocycles. The van der Waals surface area contributed by atoms with Crippen molar-refractivity contribution in [3.05, 3.63) is 77.7 Å². The number of para-hydroxylation sites is 1. The molecule has 0 saturated carbocycles. The van der Waals surface area contributed by atoms with E-state index in [2.05, 4.69) is 15.5 Å². The monoisotopic (exact) mass is 698 g/mol. The van der Waals surface area contributed by atoms with Gasteiger partial charge < -0.3 is 39.1 Å². The number of carbonyl (C=O) groups is 5. The molecule has 0 spiro atoms. The van der Waals surface area contributed by atoms with Gasteiger partial charge in [0.2, 0.25) is 5.91 Å². The van der Waals surface area contributed by atoms with Crippen molar-refractivity contribution in [1.82, 2.24) is 30.2 Å². The van der Waals surface area contributed by atoms with Crippen molar-refractivity contribution in [2.75, 3.05) is 45.9 Å². The maximum Gasteiger partial charge on any atom is 0.409 e. The highest BCUT2D eigenvalue weighted by Crippen LogP contribution is 2.30. The first-order valence-corrected chi connectivity index (χ1v) is 16.8. The third-order valence-electron chi connectivity index (χ3n) is 8.86. The number of aliphatic carboxylic acids is 1. The fourth-order valence-corrected chi connectivity index (χ4v) is 6.16. The summed E-state index contributed by atoms with van der Waals surface area (Å²) in [5.74, 6) is -1.58. The third kappa shape index (κ3) is 8.09. The molecule has 2 N–H and O–H groups in total. The summed E-state index contributed by atoms with van der Waals surface area (Å²) in [6, 6.07) is 16.8. The van der Waals surface area contributed by atoms with Crippen LogP contribution in [0.4, 0.5) is 4.79 Å². The van der Waals surface area contributed by atoms with E-state index in [0.29, 0.717) is 36.1 Å². The lowest BCUT2D eigenvalue weighted by atomic mass is 10.0. The number of benzene rings is 2. The number of pyridine rings is 1. The summed E-state index contributed by atoms with van der Waals surface area (Å²) in [4.78, 5) is 73.2. The Kier molecular flexibility index (Phi) is 10.7. The van der Waals surface area contributed by atoms with Crippen LogP contribution in [0.1, 0.15) is 41.6 Å². The molecule has 4 aromatic rings. The second-order valence-corrected chi connectivity index (χ2v) is 12.1. The molecule has 1 atom stereocenters. The second-order valence-electron chi connectivity index (χ2n) is 12.1. The Bertz CT molecular complexity index is 1920. The molecule has 266 valence electrons. The molecule has 1 unspecified atom stereocenters. The molecule has 0 bridgehead atoms. The molecule has 4 amide bonds. The lowest BCUT2D eigenvalue weighted by Crippen LogP contribution is -2.56. The Hall–Kier alpha value is -5.99. The maximum absolute atomic E-state index is 13.6. The first-order chi connectivity index (χ1) is 24.7. The molecule has 2 aliphatic heterocycles. The number of ether oxygens (including phenoxy) is 2. The molecule has 1 fully saturated rings. The molecule has 2 aromatic heterocycles. The zero-order valence-electron chi connectivity index (χ0n) is 28.1. The van der Waals surface area contributed by atoms with Crippen LogP contribution >= 0.6 is 0 Å². The predicted octanol–water partition coefficient (Wildman–Crippen LogP) is 3.12. The summed E-state index contributed by atoms with van der Waals surface area (Å²) in [6.07, 6.45) is -0.480. The minimum absolute atomic E-state index is 0.0732. The van der Waals surface area contributed by atoms with Crippen LogP contribution in [0.25, 0.3) is 22.2 Å². The van der Waals surface area contributed by atoms with E-state index in [0.717, 1.165) is 16.9 Å². The molecule has 15 nitrogen and oxygen atoms in total. The van der Waals surface area contributed by atoms with Gasteiger partial charge in [0.15, 0.2) is 6.61 Å². The number of rotatable bonds is 11. The van der Waals surface area contributed by atoms with E-state index in [1.54, 1.807) is 36.1 Å². The molecule has 2 aliphatic rings. The van der Waals surface area contributed by atoms with Crippen molar-refractivity contribution in [1.29, 1.82) is 0 Å². The number of aromatic nitrogens is 2. The first kappa shape index (κ1) is 34.9. The molecule has 2 aromatic carbocycles. The van der Waals surface area contributed by atoms with Crippen LogP contribution in [0.15, 0.2) is 65.2 Å². The van der Waals surface area contributed by atoms with E-state index in [1.165, 1.54) is 15.9 Å². The van der Waals surface area contributed by atoms with Gasteiger partial charge in [-0.1, -0.05) is 47.6 Å². The van der Waals surface area contributed by atoms with Gasteiger partial charge in [0.1, 0.15) is 28.9 Å². The summed E-state index contributed by atoms with van der Waals surface area (Å²) in [5, 5.41) is 16.8. The van der Waals surface area contributed by atoms with Crippen molar-refractivity contribution in [3.63, 3.8) is 0 Å².